The van der Waals surface area contributed by atoms with E-state index in [1.54, 1.807) is 6.92 Å². The number of hydrogen-bond donors (Lipinski definition) is 3. The molecule has 0 saturated heterocycles. The molecule has 0 atom stereocenters. The van der Waals surface area contributed by atoms with Crippen molar-refractivity contribution in [3.8, 4) is 12.3 Å². The number of carbonyl (C=O) groups excluding carboxylic acids is 1. The van der Waals surface area contributed by atoms with Gasteiger partial charge in [0.1, 0.15) is 9.88 Å². The topological polar surface area (TPSA) is 91.3 Å². The van der Waals surface area contributed by atoms with Crippen LogP contribution in [0.4, 0.5) is 4.79 Å². The molecule has 0 unspecified atom stereocenters. The number of rotatable bonds is 4. The predicted octanol–water partition coefficient (Wildman–Crippen LogP) is 0.582. The van der Waals surface area contributed by atoms with Gasteiger partial charge in [0.05, 0.1) is 18.8 Å². The van der Waals surface area contributed by atoms with Crippen molar-refractivity contribution in [2.45, 2.75) is 13.5 Å². The highest BCUT2D eigenvalue weighted by molar-refractivity contribution is 7.13. The summed E-state index contributed by atoms with van der Waals surface area (Å²) in [5.41, 5.74) is 0.448. The van der Waals surface area contributed by atoms with Gasteiger partial charge in [0.15, 0.2) is 0 Å². The summed E-state index contributed by atoms with van der Waals surface area (Å²) in [6.07, 6.45) is 4.97. The number of terminal acetylenes is 1. The first-order valence-corrected chi connectivity index (χ1v) is 5.51. The summed E-state index contributed by atoms with van der Waals surface area (Å²) < 4.78 is 0. The number of thiazole rings is 1. The number of aromatic nitrogens is 1. The van der Waals surface area contributed by atoms with Gasteiger partial charge in [-0.3, -0.25) is 0 Å². The molecule has 1 heterocycles. The summed E-state index contributed by atoms with van der Waals surface area (Å²) in [5.74, 6) is 1.25. The lowest BCUT2D eigenvalue weighted by Gasteiger charge is -2.02. The fourth-order valence-electron chi connectivity index (χ4n) is 1.08. The average molecular weight is 253 g/mol. The van der Waals surface area contributed by atoms with Crippen LogP contribution < -0.4 is 10.6 Å². The summed E-state index contributed by atoms with van der Waals surface area (Å²) in [6.45, 7) is 1.93. The van der Waals surface area contributed by atoms with Crippen LogP contribution >= 0.6 is 11.3 Å². The second-order valence-corrected chi connectivity index (χ2v) is 4.15. The van der Waals surface area contributed by atoms with E-state index >= 15 is 0 Å². The molecule has 2 amide bonds. The number of amides is 2. The summed E-state index contributed by atoms with van der Waals surface area (Å²) in [6, 6.07) is -0.410. The molecule has 0 aliphatic carbocycles. The molecule has 3 N–H and O–H groups in total. The van der Waals surface area contributed by atoms with E-state index in [-0.39, 0.29) is 18.0 Å². The number of aryl methyl sites for hydroxylation is 1. The van der Waals surface area contributed by atoms with Crippen molar-refractivity contribution in [3.63, 3.8) is 0 Å². The van der Waals surface area contributed by atoms with Crippen LogP contribution in [0.15, 0.2) is 0 Å². The number of carboxylic acids is 1. The molecule has 90 valence electrons. The fraction of sp³-hybridized carbons (Fsp3) is 0.300. The van der Waals surface area contributed by atoms with Gasteiger partial charge in [0.2, 0.25) is 0 Å². The Balaban J connectivity index is 2.53. The lowest BCUT2D eigenvalue weighted by Crippen LogP contribution is -2.35. The van der Waals surface area contributed by atoms with E-state index in [2.05, 4.69) is 21.5 Å². The van der Waals surface area contributed by atoms with Gasteiger partial charge in [-0.1, -0.05) is 5.92 Å². The van der Waals surface area contributed by atoms with Crippen LogP contribution in [0.3, 0.4) is 0 Å². The Kier molecular flexibility index (Phi) is 4.48. The van der Waals surface area contributed by atoms with Crippen LogP contribution in [0, 0.1) is 19.3 Å². The highest BCUT2D eigenvalue weighted by Gasteiger charge is 2.13. The van der Waals surface area contributed by atoms with Gasteiger partial charge < -0.3 is 15.7 Å². The summed E-state index contributed by atoms with van der Waals surface area (Å²) in [7, 11) is 0. The lowest BCUT2D eigenvalue weighted by atomic mass is 10.4. The average Bonchev–Trinajstić information content (AvgIpc) is 2.65. The molecule has 0 fully saturated rings. The van der Waals surface area contributed by atoms with Gasteiger partial charge in [-0.15, -0.1) is 17.8 Å². The van der Waals surface area contributed by atoms with Crippen LogP contribution in [0.5, 0.6) is 0 Å². The first kappa shape index (κ1) is 13.0. The second kappa shape index (κ2) is 5.86. The maximum Gasteiger partial charge on any atom is 0.347 e. The van der Waals surface area contributed by atoms with Gasteiger partial charge in [-0.05, 0) is 6.92 Å². The number of aromatic carboxylic acids is 1. The van der Waals surface area contributed by atoms with E-state index in [4.69, 9.17) is 11.5 Å². The molecule has 7 heteroatoms. The van der Waals surface area contributed by atoms with Crippen molar-refractivity contribution in [1.29, 1.82) is 0 Å². The highest BCUT2D eigenvalue weighted by atomic mass is 32.1. The fourth-order valence-corrected chi connectivity index (χ4v) is 1.92. The van der Waals surface area contributed by atoms with E-state index in [0.717, 1.165) is 11.3 Å². The van der Waals surface area contributed by atoms with Gasteiger partial charge >= 0.3 is 12.0 Å². The number of nitrogens with one attached hydrogen (secondary N) is 2. The maximum absolute atomic E-state index is 11.1. The minimum Gasteiger partial charge on any atom is -0.477 e. The zero-order valence-corrected chi connectivity index (χ0v) is 9.93. The zero-order valence-electron chi connectivity index (χ0n) is 9.11. The minimum absolute atomic E-state index is 0.142. The van der Waals surface area contributed by atoms with Crippen LogP contribution in [0.25, 0.3) is 0 Å². The van der Waals surface area contributed by atoms with E-state index in [1.165, 1.54) is 0 Å². The standard InChI is InChI=1S/C10H11N3O3S/c1-3-4-11-10(16)12-5-7-13-6(2)8(17-7)9(14)15/h1H,4-5H2,2H3,(H,14,15)(H2,11,12,16). The maximum atomic E-state index is 11.1. The van der Waals surface area contributed by atoms with Crippen molar-refractivity contribution in [2.24, 2.45) is 0 Å². The molecular weight excluding hydrogens is 242 g/mol. The molecule has 0 aliphatic heterocycles. The molecule has 0 radical (unpaired) electrons. The molecule has 17 heavy (non-hydrogen) atoms. The molecule has 0 bridgehead atoms. The summed E-state index contributed by atoms with van der Waals surface area (Å²) >= 11 is 1.04. The molecule has 1 aromatic rings. The van der Waals surface area contributed by atoms with Crippen LogP contribution in [0.2, 0.25) is 0 Å². The second-order valence-electron chi connectivity index (χ2n) is 3.07. The zero-order chi connectivity index (χ0) is 12.8. The van der Waals surface area contributed by atoms with Crippen molar-refractivity contribution in [1.82, 2.24) is 15.6 Å². The smallest absolute Gasteiger partial charge is 0.347 e. The Labute approximate surface area is 102 Å². The Morgan fingerprint density at radius 2 is 2.24 bits per heavy atom. The number of urea groups is 1. The Morgan fingerprint density at radius 1 is 1.53 bits per heavy atom. The Morgan fingerprint density at radius 3 is 2.76 bits per heavy atom. The predicted molar refractivity (Wildman–Crippen MR) is 62.9 cm³/mol. The van der Waals surface area contributed by atoms with Crippen molar-refractivity contribution >= 4 is 23.3 Å². The van der Waals surface area contributed by atoms with E-state index in [9.17, 15) is 9.59 Å². The number of hydrogen-bond acceptors (Lipinski definition) is 4. The molecule has 6 nitrogen and oxygen atoms in total. The van der Waals surface area contributed by atoms with E-state index in [0.29, 0.717) is 10.7 Å². The molecule has 0 saturated carbocycles. The quantitative estimate of drug-likeness (QED) is 0.684. The first-order valence-electron chi connectivity index (χ1n) is 4.69. The van der Waals surface area contributed by atoms with Gasteiger partial charge in [-0.25, -0.2) is 14.6 Å². The van der Waals surface area contributed by atoms with Crippen molar-refractivity contribution in [3.05, 3.63) is 15.6 Å². The van der Waals surface area contributed by atoms with Crippen LogP contribution in [0.1, 0.15) is 20.4 Å². The normalized spacial score (nSPS) is 9.41. The highest BCUT2D eigenvalue weighted by Crippen LogP contribution is 2.17. The molecular formula is C10H11N3O3S. The van der Waals surface area contributed by atoms with E-state index in [1.807, 2.05) is 0 Å². The lowest BCUT2D eigenvalue weighted by molar-refractivity contribution is 0.0701. The Hall–Kier alpha value is -2.07. The number of carbonyl (C=O) groups is 2. The van der Waals surface area contributed by atoms with E-state index < -0.39 is 12.0 Å². The van der Waals surface area contributed by atoms with Crippen molar-refractivity contribution in [2.75, 3.05) is 6.54 Å². The number of carboxylic acid groups (broad SMARTS) is 1. The molecule has 1 rings (SSSR count). The summed E-state index contributed by atoms with van der Waals surface area (Å²) in [5, 5.41) is 14.3. The molecule has 1 aromatic heterocycles. The van der Waals surface area contributed by atoms with Gasteiger partial charge in [0, 0.05) is 0 Å². The van der Waals surface area contributed by atoms with Crippen LogP contribution in [-0.2, 0) is 6.54 Å². The van der Waals surface area contributed by atoms with Gasteiger partial charge in [0.25, 0.3) is 0 Å². The third-order valence-electron chi connectivity index (χ3n) is 1.79. The molecule has 0 aliphatic rings. The minimum atomic E-state index is -1.01. The molecule has 0 aromatic carbocycles. The third-order valence-corrected chi connectivity index (χ3v) is 2.93. The van der Waals surface area contributed by atoms with Crippen molar-refractivity contribution < 1.29 is 14.7 Å². The SMILES string of the molecule is C#CCNC(=O)NCc1nc(C)c(C(=O)O)s1. The van der Waals surface area contributed by atoms with Crippen LogP contribution in [-0.4, -0.2) is 28.6 Å². The summed E-state index contributed by atoms with van der Waals surface area (Å²) in [4.78, 5) is 26.1. The largest absolute Gasteiger partial charge is 0.477 e. The Bertz CT molecular complexity index is 476. The monoisotopic (exact) mass is 253 g/mol. The third kappa shape index (κ3) is 3.77. The van der Waals surface area contributed by atoms with Gasteiger partial charge in [-0.2, -0.15) is 0 Å². The molecule has 0 spiro atoms. The first-order chi connectivity index (χ1) is 8.04. The number of nitrogens with zero attached hydrogens (tertiary/aromatic N) is 1.